The molecule has 0 fully saturated rings. The summed E-state index contributed by atoms with van der Waals surface area (Å²) in [6, 6.07) is 10.5. The lowest BCUT2D eigenvalue weighted by molar-refractivity contribution is 0.104. The molecule has 0 aliphatic rings. The van der Waals surface area contributed by atoms with E-state index in [9.17, 15) is 4.79 Å². The molecule has 104 valence electrons. The summed E-state index contributed by atoms with van der Waals surface area (Å²) in [4.78, 5) is 16.4. The number of furan rings is 1. The molecule has 21 heavy (non-hydrogen) atoms. The lowest BCUT2D eigenvalue weighted by Gasteiger charge is -1.95. The van der Waals surface area contributed by atoms with Crippen molar-refractivity contribution >= 4 is 34.8 Å². The number of nitrogens with zero attached hydrogens (tertiary/aromatic N) is 1. The number of thiazole rings is 1. The smallest absolute Gasteiger partial charge is 0.185 e. The first-order valence-corrected chi connectivity index (χ1v) is 7.45. The minimum absolute atomic E-state index is 0.0841. The Bertz CT molecular complexity index is 773. The lowest BCUT2D eigenvalue weighted by atomic mass is 10.1. The zero-order valence-corrected chi connectivity index (χ0v) is 12.4. The summed E-state index contributed by atoms with van der Waals surface area (Å²) in [5.41, 5.74) is 1.32. The van der Waals surface area contributed by atoms with Crippen LogP contribution in [0.25, 0.3) is 16.8 Å². The van der Waals surface area contributed by atoms with Gasteiger partial charge in [-0.15, -0.1) is 11.3 Å². The zero-order valence-electron chi connectivity index (χ0n) is 10.8. The van der Waals surface area contributed by atoms with Gasteiger partial charge in [-0.05, 0) is 48.6 Å². The summed E-state index contributed by atoms with van der Waals surface area (Å²) < 4.78 is 5.28. The number of carbonyl (C=O) groups excluding carboxylic acids is 1. The highest BCUT2D eigenvalue weighted by molar-refractivity contribution is 7.13. The van der Waals surface area contributed by atoms with Crippen LogP contribution in [0.3, 0.4) is 0 Å². The molecule has 2 heterocycles. The summed E-state index contributed by atoms with van der Waals surface area (Å²) in [5.74, 6) is 0.642. The molecular formula is C16H10ClNO2S. The van der Waals surface area contributed by atoms with Crippen molar-refractivity contribution in [3.63, 3.8) is 0 Å². The van der Waals surface area contributed by atoms with Crippen LogP contribution in [0.15, 0.2) is 58.5 Å². The van der Waals surface area contributed by atoms with Gasteiger partial charge < -0.3 is 4.42 Å². The van der Waals surface area contributed by atoms with Crippen LogP contribution in [0.5, 0.6) is 0 Å². The maximum Gasteiger partial charge on any atom is 0.185 e. The monoisotopic (exact) mass is 315 g/mol. The molecule has 3 aromatic rings. The maximum absolute atomic E-state index is 12.0. The number of benzene rings is 1. The van der Waals surface area contributed by atoms with E-state index in [4.69, 9.17) is 16.0 Å². The van der Waals surface area contributed by atoms with Gasteiger partial charge in [0.25, 0.3) is 0 Å². The molecule has 0 bridgehead atoms. The molecule has 0 amide bonds. The predicted molar refractivity (Wildman–Crippen MR) is 84.6 cm³/mol. The van der Waals surface area contributed by atoms with Crippen molar-refractivity contribution in [2.45, 2.75) is 0 Å². The molecule has 0 aliphatic carbocycles. The SMILES string of the molecule is O=C(C=Cc1csc(-c2ccco2)n1)c1ccc(Cl)cc1. The molecule has 0 atom stereocenters. The molecule has 0 spiro atoms. The predicted octanol–water partition coefficient (Wildman–Crippen LogP) is 4.95. The molecule has 0 radical (unpaired) electrons. The number of hydrogen-bond acceptors (Lipinski definition) is 4. The van der Waals surface area contributed by atoms with Gasteiger partial charge in [-0.2, -0.15) is 0 Å². The van der Waals surface area contributed by atoms with Gasteiger partial charge in [-0.3, -0.25) is 4.79 Å². The van der Waals surface area contributed by atoms with Gasteiger partial charge in [-0.25, -0.2) is 4.98 Å². The molecule has 2 aromatic heterocycles. The van der Waals surface area contributed by atoms with E-state index < -0.39 is 0 Å². The third kappa shape index (κ3) is 3.29. The number of rotatable bonds is 4. The molecule has 1 aromatic carbocycles. The first-order chi connectivity index (χ1) is 10.2. The van der Waals surface area contributed by atoms with Gasteiger partial charge in [0.15, 0.2) is 16.6 Å². The van der Waals surface area contributed by atoms with Crippen molar-refractivity contribution in [1.29, 1.82) is 0 Å². The fraction of sp³-hybridized carbons (Fsp3) is 0. The third-order valence-corrected chi connectivity index (χ3v) is 3.92. The summed E-state index contributed by atoms with van der Waals surface area (Å²) in [7, 11) is 0. The Balaban J connectivity index is 1.74. The number of aromatic nitrogens is 1. The lowest BCUT2D eigenvalue weighted by Crippen LogP contribution is -1.93. The van der Waals surface area contributed by atoms with Gasteiger partial charge in [-0.1, -0.05) is 11.6 Å². The molecule has 0 saturated heterocycles. The van der Waals surface area contributed by atoms with E-state index in [-0.39, 0.29) is 5.78 Å². The van der Waals surface area contributed by atoms with E-state index in [1.165, 1.54) is 17.4 Å². The van der Waals surface area contributed by atoms with Crippen LogP contribution in [-0.4, -0.2) is 10.8 Å². The molecule has 3 rings (SSSR count). The number of halogens is 1. The Kier molecular flexibility index (Phi) is 3.99. The van der Waals surface area contributed by atoms with Crippen molar-refractivity contribution in [2.75, 3.05) is 0 Å². The van der Waals surface area contributed by atoms with Crippen LogP contribution >= 0.6 is 22.9 Å². The van der Waals surface area contributed by atoms with Gasteiger partial charge in [0.05, 0.1) is 12.0 Å². The van der Waals surface area contributed by atoms with Crippen molar-refractivity contribution in [3.05, 3.63) is 70.4 Å². The van der Waals surface area contributed by atoms with E-state index in [0.717, 1.165) is 16.5 Å². The molecule has 0 N–H and O–H groups in total. The van der Waals surface area contributed by atoms with Crippen molar-refractivity contribution in [2.24, 2.45) is 0 Å². The summed E-state index contributed by atoms with van der Waals surface area (Å²) in [6.45, 7) is 0. The number of hydrogen-bond donors (Lipinski definition) is 0. The van der Waals surface area contributed by atoms with E-state index in [2.05, 4.69) is 4.98 Å². The van der Waals surface area contributed by atoms with Gasteiger partial charge in [0.1, 0.15) is 0 Å². The van der Waals surface area contributed by atoms with Crippen molar-refractivity contribution in [1.82, 2.24) is 4.98 Å². The molecule has 5 heteroatoms. The number of carbonyl (C=O) groups is 1. The largest absolute Gasteiger partial charge is 0.462 e. The highest BCUT2D eigenvalue weighted by atomic mass is 35.5. The van der Waals surface area contributed by atoms with Crippen LogP contribution < -0.4 is 0 Å². The van der Waals surface area contributed by atoms with E-state index in [1.807, 2.05) is 17.5 Å². The fourth-order valence-electron chi connectivity index (χ4n) is 1.75. The summed E-state index contributed by atoms with van der Waals surface area (Å²) in [6.07, 6.45) is 4.81. The van der Waals surface area contributed by atoms with Crippen molar-refractivity contribution < 1.29 is 9.21 Å². The van der Waals surface area contributed by atoms with Crippen LogP contribution in [0, 0.1) is 0 Å². The average Bonchev–Trinajstić information content (AvgIpc) is 3.16. The summed E-state index contributed by atoms with van der Waals surface area (Å²) >= 11 is 7.27. The Labute approximate surface area is 130 Å². The average molecular weight is 316 g/mol. The molecular weight excluding hydrogens is 306 g/mol. The second-order valence-corrected chi connectivity index (χ2v) is 5.55. The number of ketones is 1. The number of allylic oxidation sites excluding steroid dienone is 1. The fourth-order valence-corrected chi connectivity index (χ4v) is 2.63. The second-order valence-electron chi connectivity index (χ2n) is 4.26. The Morgan fingerprint density at radius 2 is 2.05 bits per heavy atom. The molecule has 0 aliphatic heterocycles. The van der Waals surface area contributed by atoms with Crippen LogP contribution in [0.1, 0.15) is 16.1 Å². The highest BCUT2D eigenvalue weighted by Crippen LogP contribution is 2.24. The minimum atomic E-state index is -0.0841. The Hall–Kier alpha value is -2.17. The molecule has 3 nitrogen and oxygen atoms in total. The topological polar surface area (TPSA) is 43.1 Å². The van der Waals surface area contributed by atoms with E-state index >= 15 is 0 Å². The Morgan fingerprint density at radius 3 is 2.76 bits per heavy atom. The molecule has 0 unspecified atom stereocenters. The first-order valence-electron chi connectivity index (χ1n) is 6.20. The minimum Gasteiger partial charge on any atom is -0.462 e. The van der Waals surface area contributed by atoms with E-state index in [0.29, 0.717) is 10.6 Å². The second kappa shape index (κ2) is 6.08. The van der Waals surface area contributed by atoms with Crippen LogP contribution in [-0.2, 0) is 0 Å². The highest BCUT2D eigenvalue weighted by Gasteiger charge is 2.06. The summed E-state index contributed by atoms with van der Waals surface area (Å²) in [5, 5.41) is 3.28. The molecule has 0 saturated carbocycles. The maximum atomic E-state index is 12.0. The van der Waals surface area contributed by atoms with Gasteiger partial charge in [0, 0.05) is 16.0 Å². The Morgan fingerprint density at radius 1 is 1.24 bits per heavy atom. The normalized spacial score (nSPS) is 11.1. The van der Waals surface area contributed by atoms with Crippen LogP contribution in [0.2, 0.25) is 5.02 Å². The first kappa shape index (κ1) is 13.8. The van der Waals surface area contributed by atoms with Crippen LogP contribution in [0.4, 0.5) is 0 Å². The standard InChI is InChI=1S/C16H10ClNO2S/c17-12-5-3-11(4-6-12)14(19)8-7-13-10-21-16(18-13)15-2-1-9-20-15/h1-10H. The van der Waals surface area contributed by atoms with E-state index in [1.54, 1.807) is 36.6 Å². The van der Waals surface area contributed by atoms with Crippen molar-refractivity contribution in [3.8, 4) is 10.8 Å². The quantitative estimate of drug-likeness (QED) is 0.505. The van der Waals surface area contributed by atoms with Gasteiger partial charge in [0.2, 0.25) is 0 Å². The third-order valence-electron chi connectivity index (χ3n) is 2.79. The zero-order chi connectivity index (χ0) is 14.7. The van der Waals surface area contributed by atoms with Gasteiger partial charge >= 0.3 is 0 Å².